The average Bonchev–Trinajstić information content (AvgIpc) is 3.46. The molecule has 1 saturated heterocycles. The number of aliphatic hydroxyl groups is 1. The molecule has 0 saturated carbocycles. The summed E-state index contributed by atoms with van der Waals surface area (Å²) >= 11 is 0. The summed E-state index contributed by atoms with van der Waals surface area (Å²) in [5, 5.41) is 16.1. The molecule has 1 fully saturated rings. The summed E-state index contributed by atoms with van der Waals surface area (Å²) < 4.78 is 25.9. The Hall–Kier alpha value is -2.95. The number of imidazole rings is 2. The molecule has 158 valence electrons. The van der Waals surface area contributed by atoms with Crippen molar-refractivity contribution >= 4 is 31.3 Å². The number of nitrogens with one attached hydrogen (secondary N) is 3. The minimum atomic E-state index is -2.16. The van der Waals surface area contributed by atoms with E-state index in [0.717, 1.165) is 5.69 Å². The molecule has 1 aliphatic rings. The van der Waals surface area contributed by atoms with Crippen LogP contribution in [0.5, 0.6) is 0 Å². The van der Waals surface area contributed by atoms with Crippen molar-refractivity contribution in [3.8, 4) is 0 Å². The van der Waals surface area contributed by atoms with Gasteiger partial charge in [0.25, 0.3) is 0 Å². The molecule has 12 nitrogen and oxygen atoms in total. The van der Waals surface area contributed by atoms with Crippen LogP contribution in [0.4, 0.5) is 5.82 Å². The Morgan fingerprint density at radius 2 is 2.33 bits per heavy atom. The fourth-order valence-electron chi connectivity index (χ4n) is 3.32. The zero-order valence-corrected chi connectivity index (χ0v) is 16.8. The number of aliphatic hydroxyl groups excluding tert-OH is 1. The number of amides is 1. The molecule has 0 radical (unpaired) electrons. The highest BCUT2D eigenvalue weighted by Gasteiger charge is 2.37. The van der Waals surface area contributed by atoms with Gasteiger partial charge in [0.2, 0.25) is 5.91 Å². The van der Waals surface area contributed by atoms with E-state index in [1.165, 1.54) is 12.7 Å². The monoisotopic (exact) mass is 435 g/mol. The van der Waals surface area contributed by atoms with E-state index in [4.69, 9.17) is 6.02 Å². The summed E-state index contributed by atoms with van der Waals surface area (Å²) in [5.74, 6) is 0.389. The van der Waals surface area contributed by atoms with Gasteiger partial charge in [-0.3, -0.25) is 9.36 Å². The lowest BCUT2D eigenvalue weighted by atomic mass is 10.2. The van der Waals surface area contributed by atoms with Crippen LogP contribution in [-0.4, -0.2) is 73.2 Å². The third-order valence-corrected chi connectivity index (χ3v) is 5.28. The van der Waals surface area contributed by atoms with Gasteiger partial charge >= 0.3 is 9.68 Å². The predicted octanol–water partition coefficient (Wildman–Crippen LogP) is -0.00740. The molecule has 4 atom stereocenters. The van der Waals surface area contributed by atoms with Gasteiger partial charge in [-0.1, -0.05) is 4.57 Å². The van der Waals surface area contributed by atoms with Gasteiger partial charge in [0, 0.05) is 31.4 Å². The summed E-state index contributed by atoms with van der Waals surface area (Å²) in [6.07, 6.45) is 4.58. The number of hydrogen-bond acceptors (Lipinski definition) is 9. The molecular formula is C17H22N8O4P+. The first-order chi connectivity index (χ1) is 15.0. The zero-order valence-electron chi connectivity index (χ0n) is 16.9. The third kappa shape index (κ3) is 4.45. The van der Waals surface area contributed by atoms with E-state index in [9.17, 15) is 14.5 Å². The molecule has 3 aromatic rings. The molecule has 4 N–H and O–H groups in total. The van der Waals surface area contributed by atoms with Crippen LogP contribution in [0.3, 0.4) is 0 Å². The Balaban J connectivity index is 1.35. The van der Waals surface area contributed by atoms with Crippen molar-refractivity contribution in [3.63, 3.8) is 0 Å². The molecule has 4 unspecified atom stereocenters. The van der Waals surface area contributed by atoms with Crippen molar-refractivity contribution in [1.29, 1.82) is 1.28 Å². The number of aromatic amines is 1. The summed E-state index contributed by atoms with van der Waals surface area (Å²) in [4.78, 5) is 31.5. The van der Waals surface area contributed by atoms with Crippen LogP contribution in [0, 0.1) is 0 Å². The lowest BCUT2D eigenvalue weighted by molar-refractivity contribution is -0.120. The normalized spacial score (nSPS) is 22.1. The van der Waals surface area contributed by atoms with Gasteiger partial charge in [-0.25, -0.2) is 19.9 Å². The van der Waals surface area contributed by atoms with Crippen LogP contribution in [0.1, 0.15) is 18.3 Å². The van der Waals surface area contributed by atoms with Crippen LogP contribution < -0.4 is 10.6 Å². The number of ether oxygens (including phenoxy) is 1. The third-order valence-electron chi connectivity index (χ3n) is 4.77. The first kappa shape index (κ1) is 19.0. The van der Waals surface area contributed by atoms with Gasteiger partial charge in [-0.2, -0.15) is 0 Å². The summed E-state index contributed by atoms with van der Waals surface area (Å²) in [6.45, 7) is 0.828. The fraction of sp³-hybridized carbons (Fsp3) is 0.471. The Labute approximate surface area is 174 Å². The molecule has 13 heteroatoms. The smallest absolute Gasteiger partial charge is 0.388 e. The first-order valence-corrected chi connectivity index (χ1v) is 10.4. The van der Waals surface area contributed by atoms with Crippen molar-refractivity contribution in [2.45, 2.75) is 31.3 Å². The minimum Gasteiger partial charge on any atom is -0.390 e. The number of fused-ring (bicyclic) bond motifs is 1. The SMILES string of the molecule is [3H][P+](=O)CC1OC(n2cnc3c(NCCNC(=O)Cc4cnc[nH]4)ncnc32)CC1O. The average molecular weight is 435 g/mol. The Kier molecular flexibility index (Phi) is 5.87. The van der Waals surface area contributed by atoms with Crippen molar-refractivity contribution < 1.29 is 19.2 Å². The maximum atomic E-state index is 11.9. The summed E-state index contributed by atoms with van der Waals surface area (Å²) in [6, 6.07) is 0. The Morgan fingerprint density at radius 1 is 1.43 bits per heavy atom. The van der Waals surface area contributed by atoms with E-state index >= 15 is 0 Å². The fourth-order valence-corrected chi connectivity index (χ4v) is 3.79. The minimum absolute atomic E-state index is 0.0203. The molecule has 0 aromatic carbocycles. The second-order valence-corrected chi connectivity index (χ2v) is 7.44. The molecule has 1 amide bonds. The number of aromatic nitrogens is 6. The number of carbonyl (C=O) groups is 1. The highest BCUT2D eigenvalue weighted by Crippen LogP contribution is 2.32. The topological polar surface area (TPSA) is 160 Å². The zero-order chi connectivity index (χ0) is 21.8. The van der Waals surface area contributed by atoms with E-state index in [2.05, 4.69) is 35.6 Å². The van der Waals surface area contributed by atoms with Gasteiger partial charge in [0.1, 0.15) is 18.7 Å². The molecule has 1 aliphatic heterocycles. The van der Waals surface area contributed by atoms with Crippen LogP contribution in [0.25, 0.3) is 11.2 Å². The largest absolute Gasteiger partial charge is 0.390 e. The van der Waals surface area contributed by atoms with Crippen LogP contribution in [-0.2, 0) is 20.5 Å². The van der Waals surface area contributed by atoms with Gasteiger partial charge in [0.15, 0.2) is 23.1 Å². The predicted molar refractivity (Wildman–Crippen MR) is 108 cm³/mol. The van der Waals surface area contributed by atoms with Crippen LogP contribution >= 0.6 is 8.41 Å². The standard InChI is InChI=1S/C17H21N8O4P/c26-11-4-14(29-12(11)6-30-28)25-9-24-15-16(22-8-23-17(15)25)20-2-1-19-13(27)3-10-5-18-7-21-10/h5,7-9,11-12,14,26H,1-4,6H2,(H,18,21)(H,19,27)(H,20,22,23)/p+1/i/hT. The Bertz CT molecular complexity index is 1060. The van der Waals surface area contributed by atoms with Crippen molar-refractivity contribution in [3.05, 3.63) is 30.9 Å². The highest BCUT2D eigenvalue weighted by atomic mass is 31.1. The molecule has 4 rings (SSSR count). The number of carbonyl (C=O) groups excluding carboxylic acids is 1. The second kappa shape index (κ2) is 9.24. The number of H-pyrrole nitrogens is 1. The number of hydrogen-bond donors (Lipinski definition) is 4. The van der Waals surface area contributed by atoms with Crippen molar-refractivity contribution in [1.82, 2.24) is 34.8 Å². The summed E-state index contributed by atoms with van der Waals surface area (Å²) in [7, 11) is -2.16. The molecule has 0 spiro atoms. The first-order valence-electron chi connectivity index (χ1n) is 9.88. The van der Waals surface area contributed by atoms with Gasteiger partial charge in [0.05, 0.1) is 25.2 Å². The van der Waals surface area contributed by atoms with Gasteiger partial charge in [-0.15, -0.1) is 0 Å². The Morgan fingerprint density at radius 3 is 3.13 bits per heavy atom. The summed E-state index contributed by atoms with van der Waals surface area (Å²) in [5.41, 5.74) is 1.79. The van der Waals surface area contributed by atoms with Crippen molar-refractivity contribution in [2.75, 3.05) is 24.6 Å². The molecule has 30 heavy (non-hydrogen) atoms. The molecule has 4 heterocycles. The lowest BCUT2D eigenvalue weighted by Gasteiger charge is -2.13. The maximum Gasteiger partial charge on any atom is 0.388 e. The molecule has 0 bridgehead atoms. The second-order valence-electron chi connectivity index (χ2n) is 6.82. The van der Waals surface area contributed by atoms with E-state index in [0.29, 0.717) is 30.1 Å². The van der Waals surface area contributed by atoms with E-state index in [1.807, 2.05) is 0 Å². The molecule has 3 aromatic heterocycles. The van der Waals surface area contributed by atoms with Gasteiger partial charge in [-0.05, 0) is 0 Å². The van der Waals surface area contributed by atoms with Crippen molar-refractivity contribution in [2.24, 2.45) is 0 Å². The number of nitrogens with zero attached hydrogens (tertiary/aromatic N) is 5. The van der Waals surface area contributed by atoms with Crippen LogP contribution in [0.2, 0.25) is 0 Å². The highest BCUT2D eigenvalue weighted by molar-refractivity contribution is 7.23. The molecular weight excluding hydrogens is 411 g/mol. The maximum absolute atomic E-state index is 11.9. The van der Waals surface area contributed by atoms with Crippen LogP contribution in [0.15, 0.2) is 25.2 Å². The van der Waals surface area contributed by atoms with E-state index < -0.39 is 26.8 Å². The molecule has 0 aliphatic carbocycles. The van der Waals surface area contributed by atoms with E-state index in [1.54, 1.807) is 17.1 Å². The quantitative estimate of drug-likeness (QED) is 0.268. The lowest BCUT2D eigenvalue weighted by Crippen LogP contribution is -2.30. The number of rotatable bonds is 9. The van der Waals surface area contributed by atoms with Gasteiger partial charge < -0.3 is 25.5 Å². The number of anilines is 1. The van der Waals surface area contributed by atoms with E-state index in [-0.39, 0.29) is 24.9 Å².